The summed E-state index contributed by atoms with van der Waals surface area (Å²) < 4.78 is 0. The Bertz CT molecular complexity index is 47.1. The van der Waals surface area contributed by atoms with Crippen molar-refractivity contribution in [3.8, 4) is 0 Å². The highest BCUT2D eigenvalue weighted by molar-refractivity contribution is 6.33. The Morgan fingerprint density at radius 2 is 1.89 bits per heavy atom. The van der Waals surface area contributed by atoms with Gasteiger partial charge in [-0.05, 0) is 13.6 Å². The second-order valence-electron chi connectivity index (χ2n) is 1.66. The molecule has 4 nitrogen and oxygen atoms in total. The van der Waals surface area contributed by atoms with Crippen molar-refractivity contribution < 1.29 is 0 Å². The lowest BCUT2D eigenvalue weighted by Gasteiger charge is -2.02. The van der Waals surface area contributed by atoms with Crippen molar-refractivity contribution in [1.29, 1.82) is 0 Å². The van der Waals surface area contributed by atoms with Crippen molar-refractivity contribution in [3.63, 3.8) is 0 Å². The van der Waals surface area contributed by atoms with E-state index in [2.05, 4.69) is 28.1 Å². The molecular weight excluding hydrogens is 114 g/mol. The van der Waals surface area contributed by atoms with Gasteiger partial charge in [0, 0.05) is 0 Å². The van der Waals surface area contributed by atoms with Gasteiger partial charge in [-0.2, -0.15) is 0 Å². The molecule has 4 N–H and O–H groups in total. The summed E-state index contributed by atoms with van der Waals surface area (Å²) in [4.78, 5) is 0. The molecule has 0 aromatic carbocycles. The Labute approximate surface area is 57.7 Å². The monoisotopic (exact) mass is 128 g/mol. The Morgan fingerprint density at radius 3 is 2.44 bits per heavy atom. The summed E-state index contributed by atoms with van der Waals surface area (Å²) in [5.41, 5.74) is 0. The highest BCUT2D eigenvalue weighted by Gasteiger charge is 1.84. The fourth-order valence-electron chi connectivity index (χ4n) is 0.401. The normalized spacial score (nSPS) is 9.11. The molecule has 0 heterocycles. The Hall–Kier alpha value is -0.0301. The topological polar surface area (TPSA) is 48.1 Å². The van der Waals surface area contributed by atoms with Crippen molar-refractivity contribution in [2.45, 2.75) is 6.92 Å². The summed E-state index contributed by atoms with van der Waals surface area (Å²) in [6.07, 6.45) is 0. The van der Waals surface area contributed by atoms with Gasteiger partial charge in [0.05, 0.1) is 0 Å². The van der Waals surface area contributed by atoms with Crippen molar-refractivity contribution in [1.82, 2.24) is 21.1 Å². The zero-order valence-corrected chi connectivity index (χ0v) is 6.12. The van der Waals surface area contributed by atoms with Gasteiger partial charge in [-0.1, -0.05) is 6.92 Å². The molecule has 0 fully saturated rings. The third-order valence-electron chi connectivity index (χ3n) is 0.854. The molecule has 0 aromatic rings. The van der Waals surface area contributed by atoms with Crippen LogP contribution in [0.4, 0.5) is 0 Å². The molecule has 0 bridgehead atoms. The van der Waals surface area contributed by atoms with Gasteiger partial charge in [0.15, 0.2) is 0 Å². The highest BCUT2D eigenvalue weighted by Crippen LogP contribution is 1.43. The largest absolute Gasteiger partial charge is 0.347 e. The second kappa shape index (κ2) is 7.97. The van der Waals surface area contributed by atoms with Crippen LogP contribution in [0, 0.1) is 0 Å². The van der Waals surface area contributed by atoms with Gasteiger partial charge < -0.3 is 10.5 Å². The number of hydrogen-bond donors (Lipinski definition) is 4. The van der Waals surface area contributed by atoms with Gasteiger partial charge in [-0.3, -0.25) is 10.7 Å². The maximum absolute atomic E-state index is 3.11. The van der Waals surface area contributed by atoms with E-state index in [9.17, 15) is 0 Å². The first-order valence-corrected chi connectivity index (χ1v) is 3.22. The van der Waals surface area contributed by atoms with E-state index in [0.717, 1.165) is 21.6 Å². The van der Waals surface area contributed by atoms with Crippen molar-refractivity contribution in [2.24, 2.45) is 0 Å². The lowest BCUT2D eigenvalue weighted by molar-refractivity contribution is 0.866. The van der Waals surface area contributed by atoms with Crippen LogP contribution < -0.4 is 21.1 Å². The standard InChI is InChI=1S/C3H14B2N4/c1-3-7-5-9-8-4-6-2/h4-9H,3H2,1-2H3. The van der Waals surface area contributed by atoms with Crippen LogP contribution in [0.1, 0.15) is 6.92 Å². The molecule has 52 valence electrons. The van der Waals surface area contributed by atoms with E-state index in [4.69, 9.17) is 0 Å². The fourth-order valence-corrected chi connectivity index (χ4v) is 0.401. The quantitative estimate of drug-likeness (QED) is 0.180. The molecule has 0 atom stereocenters. The summed E-state index contributed by atoms with van der Waals surface area (Å²) >= 11 is 0. The van der Waals surface area contributed by atoms with Gasteiger partial charge in [0.25, 0.3) is 15.1 Å². The number of nitrogens with one attached hydrogen (secondary N) is 4. The third-order valence-corrected chi connectivity index (χ3v) is 0.854. The summed E-state index contributed by atoms with van der Waals surface area (Å²) in [5.74, 6) is 0. The minimum absolute atomic E-state index is 0.783. The first-order valence-electron chi connectivity index (χ1n) is 3.22. The molecule has 6 heteroatoms. The van der Waals surface area contributed by atoms with Crippen molar-refractivity contribution >= 4 is 15.1 Å². The van der Waals surface area contributed by atoms with E-state index in [0.29, 0.717) is 0 Å². The van der Waals surface area contributed by atoms with E-state index in [1.807, 2.05) is 7.05 Å². The molecule has 0 aromatic heterocycles. The molecule has 0 rings (SSSR count). The molecular formula is C3H14B2N4. The van der Waals surface area contributed by atoms with Crippen LogP contribution in [0.15, 0.2) is 0 Å². The molecule has 0 saturated heterocycles. The van der Waals surface area contributed by atoms with Gasteiger partial charge in [-0.25, -0.2) is 0 Å². The maximum atomic E-state index is 3.11. The van der Waals surface area contributed by atoms with E-state index in [-0.39, 0.29) is 0 Å². The minimum atomic E-state index is 0.783. The first kappa shape index (κ1) is 8.97. The van der Waals surface area contributed by atoms with Crippen LogP contribution in [0.3, 0.4) is 0 Å². The minimum Gasteiger partial charge on any atom is -0.347 e. The van der Waals surface area contributed by atoms with Crippen LogP contribution in [0.25, 0.3) is 0 Å². The van der Waals surface area contributed by atoms with Crippen molar-refractivity contribution in [3.05, 3.63) is 0 Å². The van der Waals surface area contributed by atoms with Crippen LogP contribution in [-0.4, -0.2) is 28.7 Å². The van der Waals surface area contributed by atoms with Crippen molar-refractivity contribution in [2.75, 3.05) is 13.6 Å². The molecule has 0 aliphatic rings. The average molecular weight is 128 g/mol. The van der Waals surface area contributed by atoms with Gasteiger partial charge >= 0.3 is 0 Å². The maximum Gasteiger partial charge on any atom is 0.299 e. The van der Waals surface area contributed by atoms with Crippen LogP contribution in [0.2, 0.25) is 0 Å². The third kappa shape index (κ3) is 7.97. The highest BCUT2D eigenvalue weighted by atomic mass is 15.3. The van der Waals surface area contributed by atoms with E-state index >= 15 is 0 Å². The number of hydrogen-bond acceptors (Lipinski definition) is 4. The Balaban J connectivity index is 2.60. The molecule has 0 aliphatic heterocycles. The predicted molar refractivity (Wildman–Crippen MR) is 43.3 cm³/mol. The summed E-state index contributed by atoms with van der Waals surface area (Å²) in [7, 11) is 3.48. The predicted octanol–water partition coefficient (Wildman–Crippen LogP) is -2.56. The Kier molecular flexibility index (Phi) is 7.94. The Morgan fingerprint density at radius 1 is 1.22 bits per heavy atom. The van der Waals surface area contributed by atoms with Gasteiger partial charge in [0.1, 0.15) is 0 Å². The van der Waals surface area contributed by atoms with Gasteiger partial charge in [-0.15, -0.1) is 0 Å². The second-order valence-corrected chi connectivity index (χ2v) is 1.66. The summed E-state index contributed by atoms with van der Waals surface area (Å²) in [6, 6.07) is 0. The molecule has 0 spiro atoms. The first-order chi connectivity index (χ1) is 4.41. The fraction of sp³-hybridized carbons (Fsp3) is 1.00. The lowest BCUT2D eigenvalue weighted by Crippen LogP contribution is -2.47. The zero-order valence-electron chi connectivity index (χ0n) is 6.12. The SMILES string of the molecule is CCNBNNBNC. The van der Waals surface area contributed by atoms with Crippen LogP contribution >= 0.6 is 0 Å². The van der Waals surface area contributed by atoms with Gasteiger partial charge in [0.2, 0.25) is 0 Å². The van der Waals surface area contributed by atoms with E-state index < -0.39 is 0 Å². The van der Waals surface area contributed by atoms with Crippen LogP contribution in [0.5, 0.6) is 0 Å². The molecule has 0 aliphatic carbocycles. The number of hydrazine groups is 1. The summed E-state index contributed by atoms with van der Waals surface area (Å²) in [6.45, 7) is 3.06. The van der Waals surface area contributed by atoms with Crippen LogP contribution in [-0.2, 0) is 0 Å². The molecule has 0 unspecified atom stereocenters. The molecule has 9 heavy (non-hydrogen) atoms. The molecule has 0 amide bonds. The summed E-state index contributed by atoms with van der Waals surface area (Å²) in [5, 5.41) is 12.0. The zero-order chi connectivity index (χ0) is 6.95. The number of rotatable bonds is 6. The smallest absolute Gasteiger partial charge is 0.299 e. The molecule has 0 saturated carbocycles. The van der Waals surface area contributed by atoms with E-state index in [1.165, 1.54) is 0 Å². The lowest BCUT2D eigenvalue weighted by atomic mass is 10.1. The van der Waals surface area contributed by atoms with E-state index in [1.54, 1.807) is 0 Å². The average Bonchev–Trinajstić information content (AvgIpc) is 1.89. The molecule has 0 radical (unpaired) electrons.